The molecule has 4 nitrogen and oxygen atoms in total. The number of esters is 1. The summed E-state index contributed by atoms with van der Waals surface area (Å²) in [6, 6.07) is 6.98. The van der Waals surface area contributed by atoms with E-state index in [4.69, 9.17) is 9.47 Å². The molecule has 0 bridgehead atoms. The van der Waals surface area contributed by atoms with Crippen molar-refractivity contribution < 1.29 is 19.4 Å². The lowest BCUT2D eigenvalue weighted by Crippen LogP contribution is -2.50. The Morgan fingerprint density at radius 2 is 1.89 bits per heavy atom. The molecule has 0 amide bonds. The van der Waals surface area contributed by atoms with Crippen molar-refractivity contribution in [3.05, 3.63) is 41.5 Å². The van der Waals surface area contributed by atoms with Crippen molar-refractivity contribution in [3.8, 4) is 5.75 Å². The Bertz CT molecular complexity index is 720. The van der Waals surface area contributed by atoms with Gasteiger partial charge in [-0.1, -0.05) is 32.4 Å². The Morgan fingerprint density at radius 1 is 1.22 bits per heavy atom. The molecule has 0 radical (unpaired) electrons. The first-order chi connectivity index (χ1) is 12.7. The smallest absolute Gasteiger partial charge is 0.338 e. The number of carbonyl (C=O) groups is 1. The zero-order valence-corrected chi connectivity index (χ0v) is 17.1. The number of allylic oxidation sites excluding steroid dienone is 1. The molecule has 2 aliphatic rings. The van der Waals surface area contributed by atoms with Gasteiger partial charge >= 0.3 is 5.97 Å². The normalized spacial score (nSPS) is 33.2. The van der Waals surface area contributed by atoms with Gasteiger partial charge in [-0.05, 0) is 61.8 Å². The highest BCUT2D eigenvalue weighted by molar-refractivity contribution is 5.89. The second-order valence-electron chi connectivity index (χ2n) is 8.91. The van der Waals surface area contributed by atoms with Crippen molar-refractivity contribution in [3.63, 3.8) is 0 Å². The van der Waals surface area contributed by atoms with E-state index in [9.17, 15) is 9.90 Å². The summed E-state index contributed by atoms with van der Waals surface area (Å²) < 4.78 is 11.2. The number of ether oxygens (including phenoxy) is 2. The van der Waals surface area contributed by atoms with Crippen LogP contribution < -0.4 is 4.74 Å². The van der Waals surface area contributed by atoms with Crippen LogP contribution in [0.3, 0.4) is 0 Å². The van der Waals surface area contributed by atoms with Crippen molar-refractivity contribution in [2.75, 3.05) is 7.11 Å². The molecule has 0 aromatic heterocycles. The van der Waals surface area contributed by atoms with Gasteiger partial charge in [0.1, 0.15) is 11.9 Å². The summed E-state index contributed by atoms with van der Waals surface area (Å²) >= 11 is 0. The quantitative estimate of drug-likeness (QED) is 0.611. The Labute approximate surface area is 162 Å². The van der Waals surface area contributed by atoms with Gasteiger partial charge in [0.25, 0.3) is 0 Å². The van der Waals surface area contributed by atoms with Crippen molar-refractivity contribution in [1.29, 1.82) is 0 Å². The van der Waals surface area contributed by atoms with E-state index in [1.165, 1.54) is 5.57 Å². The van der Waals surface area contributed by atoms with Gasteiger partial charge in [0, 0.05) is 12.3 Å². The van der Waals surface area contributed by atoms with E-state index in [1.807, 2.05) is 0 Å². The molecule has 1 saturated carbocycles. The zero-order chi connectivity index (χ0) is 19.8. The molecule has 2 aliphatic carbocycles. The summed E-state index contributed by atoms with van der Waals surface area (Å²) in [4.78, 5) is 12.8. The fourth-order valence-corrected chi connectivity index (χ4v) is 5.02. The van der Waals surface area contributed by atoms with Crippen LogP contribution in [0.5, 0.6) is 5.75 Å². The van der Waals surface area contributed by atoms with Gasteiger partial charge in [-0.3, -0.25) is 0 Å². The van der Waals surface area contributed by atoms with Crippen molar-refractivity contribution in [2.45, 2.75) is 65.1 Å². The molecule has 0 saturated heterocycles. The largest absolute Gasteiger partial charge is 0.497 e. The lowest BCUT2D eigenvalue weighted by molar-refractivity contribution is -0.112. The first kappa shape index (κ1) is 19.9. The number of hydrogen-bond donors (Lipinski definition) is 1. The van der Waals surface area contributed by atoms with Crippen LogP contribution in [0.15, 0.2) is 35.9 Å². The van der Waals surface area contributed by atoms with Gasteiger partial charge in [0.15, 0.2) is 0 Å². The molecule has 0 spiro atoms. The van der Waals surface area contributed by atoms with Gasteiger partial charge in [0.05, 0.1) is 18.3 Å². The summed E-state index contributed by atoms with van der Waals surface area (Å²) in [5.74, 6) is 0.417. The highest BCUT2D eigenvalue weighted by Gasteiger charge is 2.59. The van der Waals surface area contributed by atoms with Crippen LogP contribution in [0.4, 0.5) is 0 Å². The summed E-state index contributed by atoms with van der Waals surface area (Å²) in [6.45, 7) is 8.47. The van der Waals surface area contributed by atoms with E-state index < -0.39 is 5.60 Å². The first-order valence-corrected chi connectivity index (χ1v) is 9.92. The molecule has 4 atom stereocenters. The Hall–Kier alpha value is -1.81. The molecular formula is C23H32O4. The monoisotopic (exact) mass is 372 g/mol. The van der Waals surface area contributed by atoms with E-state index in [1.54, 1.807) is 31.4 Å². The van der Waals surface area contributed by atoms with Crippen LogP contribution >= 0.6 is 0 Å². The van der Waals surface area contributed by atoms with E-state index in [-0.39, 0.29) is 29.3 Å². The van der Waals surface area contributed by atoms with Crippen LogP contribution in [-0.4, -0.2) is 29.9 Å². The third-order valence-electron chi connectivity index (χ3n) is 6.78. The summed E-state index contributed by atoms with van der Waals surface area (Å²) in [5.41, 5.74) is 0.874. The fourth-order valence-electron chi connectivity index (χ4n) is 5.02. The maximum absolute atomic E-state index is 12.8. The topological polar surface area (TPSA) is 55.8 Å². The number of carbonyl (C=O) groups excluding carboxylic acids is 1. The van der Waals surface area contributed by atoms with Crippen molar-refractivity contribution in [1.82, 2.24) is 0 Å². The maximum atomic E-state index is 12.8. The minimum absolute atomic E-state index is 0.0539. The molecule has 1 fully saturated rings. The Morgan fingerprint density at radius 3 is 2.48 bits per heavy atom. The molecule has 27 heavy (non-hydrogen) atoms. The van der Waals surface area contributed by atoms with E-state index in [2.05, 4.69) is 33.8 Å². The van der Waals surface area contributed by atoms with E-state index >= 15 is 0 Å². The number of methoxy groups -OCH3 is 1. The van der Waals surface area contributed by atoms with Crippen LogP contribution in [0.2, 0.25) is 0 Å². The highest BCUT2D eigenvalue weighted by atomic mass is 16.5. The summed E-state index contributed by atoms with van der Waals surface area (Å²) in [6.07, 6.45) is 5.26. The standard InChI is InChI=1S/C23H32O4/c1-15(2)23(25)13-12-22(4)11-10-16(3)14-19(20(22)23)27-21(24)17-6-8-18(26-5)9-7-17/h6-10,15,19-20,25H,11-14H2,1-5H3/t19-,20+,22-,23+/m0/s1. The lowest BCUT2D eigenvalue weighted by Gasteiger charge is -2.43. The van der Waals surface area contributed by atoms with Crippen LogP contribution in [0.1, 0.15) is 63.7 Å². The molecule has 1 aromatic rings. The molecule has 1 N–H and O–H groups in total. The van der Waals surface area contributed by atoms with E-state index in [0.717, 1.165) is 19.3 Å². The molecule has 0 aliphatic heterocycles. The number of aliphatic hydroxyl groups is 1. The van der Waals surface area contributed by atoms with Crippen LogP contribution in [0.25, 0.3) is 0 Å². The van der Waals surface area contributed by atoms with Gasteiger partial charge in [-0.2, -0.15) is 0 Å². The first-order valence-electron chi connectivity index (χ1n) is 9.92. The minimum atomic E-state index is -0.807. The lowest BCUT2D eigenvalue weighted by atomic mass is 9.67. The molecule has 3 rings (SSSR count). The zero-order valence-electron chi connectivity index (χ0n) is 17.1. The predicted octanol–water partition coefficient (Wildman–Crippen LogP) is 4.76. The fraction of sp³-hybridized carbons (Fsp3) is 0.609. The van der Waals surface area contributed by atoms with Gasteiger partial charge in [-0.25, -0.2) is 4.79 Å². The maximum Gasteiger partial charge on any atom is 0.338 e. The number of hydrogen-bond acceptors (Lipinski definition) is 4. The molecule has 4 heteroatoms. The number of fused-ring (bicyclic) bond motifs is 1. The summed E-state index contributed by atoms with van der Waals surface area (Å²) in [5, 5.41) is 11.5. The van der Waals surface area contributed by atoms with Crippen molar-refractivity contribution in [2.24, 2.45) is 17.3 Å². The van der Waals surface area contributed by atoms with Gasteiger partial charge < -0.3 is 14.6 Å². The van der Waals surface area contributed by atoms with Gasteiger partial charge in [-0.15, -0.1) is 0 Å². The molecule has 1 aromatic carbocycles. The Kier molecular flexibility index (Phi) is 5.40. The Balaban J connectivity index is 1.90. The van der Waals surface area contributed by atoms with Crippen LogP contribution in [0, 0.1) is 17.3 Å². The third kappa shape index (κ3) is 3.64. The molecule has 0 unspecified atom stereocenters. The average Bonchev–Trinajstić information content (AvgIpc) is 2.85. The third-order valence-corrected chi connectivity index (χ3v) is 6.78. The van der Waals surface area contributed by atoms with Crippen molar-refractivity contribution >= 4 is 5.97 Å². The predicted molar refractivity (Wildman–Crippen MR) is 106 cm³/mol. The minimum Gasteiger partial charge on any atom is -0.497 e. The molecular weight excluding hydrogens is 340 g/mol. The van der Waals surface area contributed by atoms with Crippen LogP contribution in [-0.2, 0) is 4.74 Å². The number of benzene rings is 1. The second-order valence-corrected chi connectivity index (χ2v) is 8.91. The molecule has 148 valence electrons. The van der Waals surface area contributed by atoms with Gasteiger partial charge in [0.2, 0.25) is 0 Å². The number of rotatable bonds is 4. The average molecular weight is 373 g/mol. The SMILES string of the molecule is COc1ccc(C(=O)O[C@H]2CC(C)=CC[C@@]3(C)CC[C@@](O)(C(C)C)[C@H]23)cc1. The molecule has 0 heterocycles. The van der Waals surface area contributed by atoms with E-state index in [0.29, 0.717) is 17.7 Å². The second kappa shape index (κ2) is 7.31. The summed E-state index contributed by atoms with van der Waals surface area (Å²) in [7, 11) is 1.60. The highest BCUT2D eigenvalue weighted by Crippen LogP contribution is 2.58.